The fourth-order valence-electron chi connectivity index (χ4n) is 5.27. The lowest BCUT2D eigenvalue weighted by Gasteiger charge is -2.18. The highest BCUT2D eigenvalue weighted by atomic mass is 35.5. The molecule has 0 amide bonds. The minimum absolute atomic E-state index is 0.478. The number of hydrogen-bond donors (Lipinski definition) is 1. The lowest BCUT2D eigenvalue weighted by Crippen LogP contribution is -2.22. The van der Waals surface area contributed by atoms with E-state index in [-0.39, 0.29) is 0 Å². The van der Waals surface area contributed by atoms with Crippen LogP contribution in [0.15, 0.2) is 36.7 Å². The van der Waals surface area contributed by atoms with Crippen LogP contribution in [0, 0.1) is 17.8 Å². The van der Waals surface area contributed by atoms with Crippen LogP contribution >= 0.6 is 23.2 Å². The van der Waals surface area contributed by atoms with E-state index in [1.807, 2.05) is 18.2 Å². The highest BCUT2D eigenvalue weighted by molar-refractivity contribution is 6.42. The second-order valence-corrected chi connectivity index (χ2v) is 9.83. The molecule has 0 bridgehead atoms. The summed E-state index contributed by atoms with van der Waals surface area (Å²) in [5.74, 6) is 4.28. The summed E-state index contributed by atoms with van der Waals surface area (Å²) < 4.78 is 11.9. The third-order valence-electron chi connectivity index (χ3n) is 6.95. The Balaban J connectivity index is 1.32. The highest BCUT2D eigenvalue weighted by Crippen LogP contribution is 2.42. The van der Waals surface area contributed by atoms with Crippen LogP contribution in [0.2, 0.25) is 10.0 Å². The van der Waals surface area contributed by atoms with E-state index in [4.69, 9.17) is 32.7 Å². The van der Waals surface area contributed by atoms with Gasteiger partial charge in [-0.05, 0) is 61.4 Å². The fourth-order valence-corrected chi connectivity index (χ4v) is 5.57. The van der Waals surface area contributed by atoms with Crippen molar-refractivity contribution in [1.82, 2.24) is 14.9 Å². The molecule has 1 saturated carbocycles. The van der Waals surface area contributed by atoms with Crippen molar-refractivity contribution in [3.8, 4) is 11.5 Å². The van der Waals surface area contributed by atoms with Gasteiger partial charge in [0, 0.05) is 30.2 Å². The predicted octanol–water partition coefficient (Wildman–Crippen LogP) is 6.05. The zero-order valence-corrected chi connectivity index (χ0v) is 20.4. The molecule has 2 aromatic carbocycles. The molecule has 2 fully saturated rings. The Labute approximate surface area is 204 Å². The van der Waals surface area contributed by atoms with Gasteiger partial charge in [-0.1, -0.05) is 30.1 Å². The molecule has 1 saturated heterocycles. The SMILES string of the molecule is CCN1C[C@H]2CC(COc3cc4ncnc(Nc5ccc(Cl)c(Cl)c5)c4cc3OC)C[C@H]2C1. The van der Waals surface area contributed by atoms with E-state index in [1.165, 1.54) is 32.3 Å². The van der Waals surface area contributed by atoms with Crippen LogP contribution in [-0.2, 0) is 0 Å². The first kappa shape index (κ1) is 22.5. The van der Waals surface area contributed by atoms with Gasteiger partial charge in [0.1, 0.15) is 12.1 Å². The first-order valence-electron chi connectivity index (χ1n) is 11.4. The average Bonchev–Trinajstić information content (AvgIpc) is 3.38. The van der Waals surface area contributed by atoms with E-state index in [9.17, 15) is 0 Å². The molecule has 0 spiro atoms. The maximum Gasteiger partial charge on any atom is 0.163 e. The standard InChI is InChI=1S/C25H28Cl2N4O2/c1-3-31-11-16-6-15(7-17(16)12-31)13-33-24-10-22-19(9-23(24)32-2)25(29-14-28-22)30-18-4-5-20(26)21(27)8-18/h4-5,8-10,14-17H,3,6-7,11-13H2,1-2H3,(H,28,29,30)/t15?,16-,17+. The van der Waals surface area contributed by atoms with Crippen molar-refractivity contribution >= 4 is 45.6 Å². The van der Waals surface area contributed by atoms with Crippen LogP contribution in [0.25, 0.3) is 10.9 Å². The Bertz CT molecular complexity index is 1140. The maximum absolute atomic E-state index is 6.27. The summed E-state index contributed by atoms with van der Waals surface area (Å²) >= 11 is 12.2. The van der Waals surface area contributed by atoms with E-state index >= 15 is 0 Å². The average molecular weight is 487 g/mol. The number of halogens is 2. The maximum atomic E-state index is 6.27. The summed E-state index contributed by atoms with van der Waals surface area (Å²) in [6.07, 6.45) is 4.03. The predicted molar refractivity (Wildman–Crippen MR) is 133 cm³/mol. The number of likely N-dealkylation sites (tertiary alicyclic amines) is 1. The first-order valence-corrected chi connectivity index (χ1v) is 12.2. The quantitative estimate of drug-likeness (QED) is 0.438. The van der Waals surface area contributed by atoms with Gasteiger partial charge in [-0.3, -0.25) is 0 Å². The number of benzene rings is 2. The van der Waals surface area contributed by atoms with Crippen molar-refractivity contribution in [2.75, 3.05) is 38.7 Å². The van der Waals surface area contributed by atoms with Gasteiger partial charge in [0.15, 0.2) is 11.5 Å². The molecule has 5 rings (SSSR count). The van der Waals surface area contributed by atoms with Crippen LogP contribution in [0.1, 0.15) is 19.8 Å². The monoisotopic (exact) mass is 486 g/mol. The van der Waals surface area contributed by atoms with Gasteiger partial charge in [-0.15, -0.1) is 0 Å². The number of nitrogens with one attached hydrogen (secondary N) is 1. The molecule has 174 valence electrons. The number of anilines is 2. The van der Waals surface area contributed by atoms with Crippen molar-refractivity contribution in [1.29, 1.82) is 0 Å². The van der Waals surface area contributed by atoms with Gasteiger partial charge in [0.2, 0.25) is 0 Å². The molecule has 0 radical (unpaired) electrons. The third-order valence-corrected chi connectivity index (χ3v) is 7.69. The molecule has 33 heavy (non-hydrogen) atoms. The lowest BCUT2D eigenvalue weighted by molar-refractivity contribution is 0.223. The van der Waals surface area contributed by atoms with Crippen LogP contribution in [0.4, 0.5) is 11.5 Å². The van der Waals surface area contributed by atoms with E-state index in [0.29, 0.717) is 34.1 Å². The molecule has 2 aliphatic rings. The second kappa shape index (κ2) is 9.53. The Kier molecular flexibility index (Phi) is 6.50. The number of aromatic nitrogens is 2. The van der Waals surface area contributed by atoms with Crippen LogP contribution in [0.3, 0.4) is 0 Å². The summed E-state index contributed by atoms with van der Waals surface area (Å²) in [6.45, 7) is 6.60. The van der Waals surface area contributed by atoms with Crippen molar-refractivity contribution in [2.45, 2.75) is 19.8 Å². The van der Waals surface area contributed by atoms with E-state index in [2.05, 4.69) is 27.1 Å². The summed E-state index contributed by atoms with van der Waals surface area (Å²) in [7, 11) is 1.66. The molecule has 1 aliphatic carbocycles. The normalized spacial score (nSPS) is 22.5. The molecule has 1 aromatic heterocycles. The van der Waals surface area contributed by atoms with Gasteiger partial charge in [0.05, 0.1) is 29.3 Å². The zero-order chi connectivity index (χ0) is 22.9. The largest absolute Gasteiger partial charge is 0.493 e. The molecule has 1 N–H and O–H groups in total. The van der Waals surface area contributed by atoms with Gasteiger partial charge >= 0.3 is 0 Å². The van der Waals surface area contributed by atoms with E-state index in [0.717, 1.165) is 40.7 Å². The minimum Gasteiger partial charge on any atom is -0.493 e. The van der Waals surface area contributed by atoms with E-state index in [1.54, 1.807) is 19.2 Å². The Morgan fingerprint density at radius 2 is 1.82 bits per heavy atom. The number of nitrogens with zero attached hydrogens (tertiary/aromatic N) is 3. The minimum atomic E-state index is 0.478. The number of methoxy groups -OCH3 is 1. The van der Waals surface area contributed by atoms with E-state index < -0.39 is 0 Å². The van der Waals surface area contributed by atoms with Crippen molar-refractivity contribution < 1.29 is 9.47 Å². The molecule has 6 nitrogen and oxygen atoms in total. The third kappa shape index (κ3) is 4.70. The van der Waals surface area contributed by atoms with Crippen molar-refractivity contribution in [3.63, 3.8) is 0 Å². The Hall–Kier alpha value is -2.28. The summed E-state index contributed by atoms with van der Waals surface area (Å²) in [5.41, 5.74) is 1.57. The zero-order valence-electron chi connectivity index (χ0n) is 18.9. The summed E-state index contributed by atoms with van der Waals surface area (Å²) in [4.78, 5) is 11.4. The molecular weight excluding hydrogens is 459 g/mol. The Morgan fingerprint density at radius 3 is 2.52 bits per heavy atom. The van der Waals surface area contributed by atoms with Gasteiger partial charge in [0.25, 0.3) is 0 Å². The van der Waals surface area contributed by atoms with Crippen molar-refractivity contribution in [2.24, 2.45) is 17.8 Å². The molecular formula is C25H28Cl2N4O2. The number of hydrogen-bond acceptors (Lipinski definition) is 6. The molecule has 2 heterocycles. The molecule has 1 aliphatic heterocycles. The Morgan fingerprint density at radius 1 is 1.03 bits per heavy atom. The summed E-state index contributed by atoms with van der Waals surface area (Å²) in [6, 6.07) is 9.23. The van der Waals surface area contributed by atoms with Gasteiger partial charge < -0.3 is 19.7 Å². The van der Waals surface area contributed by atoms with Gasteiger partial charge in [-0.2, -0.15) is 0 Å². The van der Waals surface area contributed by atoms with Crippen LogP contribution < -0.4 is 14.8 Å². The molecule has 3 aromatic rings. The fraction of sp³-hybridized carbons (Fsp3) is 0.440. The topological polar surface area (TPSA) is 59.5 Å². The van der Waals surface area contributed by atoms with Crippen molar-refractivity contribution in [3.05, 3.63) is 46.7 Å². The molecule has 8 heteroatoms. The first-order chi connectivity index (χ1) is 16.0. The smallest absolute Gasteiger partial charge is 0.163 e. The highest BCUT2D eigenvalue weighted by Gasteiger charge is 2.40. The van der Waals surface area contributed by atoms with Crippen LogP contribution in [-0.4, -0.2) is 48.2 Å². The lowest BCUT2D eigenvalue weighted by atomic mass is 10.0. The number of ether oxygens (including phenoxy) is 2. The summed E-state index contributed by atoms with van der Waals surface area (Å²) in [5, 5.41) is 5.12. The molecule has 3 atom stereocenters. The number of rotatable bonds is 7. The second-order valence-electron chi connectivity index (χ2n) is 9.02. The molecule has 1 unspecified atom stereocenters. The number of fused-ring (bicyclic) bond motifs is 2. The van der Waals surface area contributed by atoms with Gasteiger partial charge in [-0.25, -0.2) is 9.97 Å². The van der Waals surface area contributed by atoms with Crippen LogP contribution in [0.5, 0.6) is 11.5 Å².